The minimum atomic E-state index is -0.852. The van der Waals surface area contributed by atoms with E-state index in [9.17, 15) is 9.90 Å². The molecule has 1 aliphatic rings. The van der Waals surface area contributed by atoms with Crippen LogP contribution in [0.15, 0.2) is 11.1 Å². The predicted molar refractivity (Wildman–Crippen MR) is 72.4 cm³/mol. The first-order valence-corrected chi connectivity index (χ1v) is 6.46. The second-order valence-corrected chi connectivity index (χ2v) is 4.92. The highest BCUT2D eigenvalue weighted by Crippen LogP contribution is 2.29. The molecule has 2 aromatic rings. The molecular weight excluding hydrogens is 278 g/mol. The van der Waals surface area contributed by atoms with Gasteiger partial charge in [-0.25, -0.2) is 15.0 Å². The summed E-state index contributed by atoms with van der Waals surface area (Å²) in [5.74, 6) is 0.161. The highest BCUT2D eigenvalue weighted by molar-refractivity contribution is 5.80. The smallest absolute Gasteiger partial charge is 0.275 e. The van der Waals surface area contributed by atoms with Crippen LogP contribution in [-0.2, 0) is 4.74 Å². The molecule has 9 nitrogen and oxygen atoms in total. The number of hydrogen-bond acceptors (Lipinski definition) is 8. The third-order valence-electron chi connectivity index (χ3n) is 3.54. The molecular formula is C12H15N5O4. The van der Waals surface area contributed by atoms with Crippen molar-refractivity contribution in [3.05, 3.63) is 22.4 Å². The van der Waals surface area contributed by atoms with E-state index in [1.807, 2.05) is 0 Å². The Labute approximate surface area is 119 Å². The highest BCUT2D eigenvalue weighted by Gasteiger charge is 2.36. The Hall–Kier alpha value is -2.10. The summed E-state index contributed by atoms with van der Waals surface area (Å²) in [4.78, 5) is 24.4. The number of anilines is 1. The molecule has 1 aliphatic heterocycles. The van der Waals surface area contributed by atoms with Crippen molar-refractivity contribution >= 4 is 17.0 Å². The van der Waals surface area contributed by atoms with E-state index in [1.54, 1.807) is 6.92 Å². The number of rotatable bonds is 2. The van der Waals surface area contributed by atoms with Gasteiger partial charge in [-0.1, -0.05) is 0 Å². The minimum Gasteiger partial charge on any atom is -0.394 e. The zero-order chi connectivity index (χ0) is 15.1. The van der Waals surface area contributed by atoms with Crippen LogP contribution in [-0.4, -0.2) is 48.5 Å². The van der Waals surface area contributed by atoms with Crippen molar-refractivity contribution in [1.29, 1.82) is 0 Å². The Morgan fingerprint density at radius 3 is 2.95 bits per heavy atom. The van der Waals surface area contributed by atoms with Crippen LogP contribution in [0.1, 0.15) is 18.3 Å². The van der Waals surface area contributed by atoms with Gasteiger partial charge in [0.25, 0.3) is 5.56 Å². The van der Waals surface area contributed by atoms with E-state index >= 15 is 0 Å². The highest BCUT2D eigenvalue weighted by atomic mass is 16.5. The maximum absolute atomic E-state index is 12.4. The van der Waals surface area contributed by atoms with Crippen LogP contribution >= 0.6 is 0 Å². The van der Waals surface area contributed by atoms with Gasteiger partial charge < -0.3 is 20.7 Å². The molecule has 0 spiro atoms. The largest absolute Gasteiger partial charge is 0.394 e. The van der Waals surface area contributed by atoms with Crippen LogP contribution in [0.4, 0.5) is 5.82 Å². The molecule has 21 heavy (non-hydrogen) atoms. The van der Waals surface area contributed by atoms with Crippen LogP contribution in [0.3, 0.4) is 0 Å². The van der Waals surface area contributed by atoms with Crippen molar-refractivity contribution in [1.82, 2.24) is 19.5 Å². The first-order chi connectivity index (χ1) is 10.0. The summed E-state index contributed by atoms with van der Waals surface area (Å²) < 4.78 is 6.83. The molecule has 1 fully saturated rings. The van der Waals surface area contributed by atoms with Crippen molar-refractivity contribution in [3.63, 3.8) is 0 Å². The second kappa shape index (κ2) is 5.02. The van der Waals surface area contributed by atoms with Crippen LogP contribution < -0.4 is 11.3 Å². The summed E-state index contributed by atoms with van der Waals surface area (Å²) in [5.41, 5.74) is 6.17. The molecule has 3 atom stereocenters. The maximum atomic E-state index is 12.4. The van der Waals surface area contributed by atoms with Gasteiger partial charge >= 0.3 is 0 Å². The van der Waals surface area contributed by atoms with Crippen molar-refractivity contribution in [3.8, 4) is 0 Å². The van der Waals surface area contributed by atoms with Gasteiger partial charge in [0.2, 0.25) is 0 Å². The molecule has 0 unspecified atom stereocenters. The van der Waals surface area contributed by atoms with Crippen molar-refractivity contribution in [2.45, 2.75) is 31.8 Å². The van der Waals surface area contributed by atoms with E-state index in [-0.39, 0.29) is 35.7 Å². The number of hydrogen-bond donors (Lipinski definition) is 3. The first kappa shape index (κ1) is 13.9. The van der Waals surface area contributed by atoms with Crippen LogP contribution in [0.2, 0.25) is 0 Å². The van der Waals surface area contributed by atoms with Gasteiger partial charge in [-0.3, -0.25) is 9.36 Å². The summed E-state index contributed by atoms with van der Waals surface area (Å²) in [6, 6.07) is 0. The number of aryl methyl sites for hydroxylation is 1. The fraction of sp³-hybridized carbons (Fsp3) is 0.500. The molecule has 1 saturated heterocycles. The number of nitrogens with two attached hydrogens (primary N) is 1. The summed E-state index contributed by atoms with van der Waals surface area (Å²) in [6.45, 7) is 1.23. The Balaban J connectivity index is 2.21. The quantitative estimate of drug-likeness (QED) is 0.622. The Bertz CT molecular complexity index is 746. The van der Waals surface area contributed by atoms with Crippen molar-refractivity contribution in [2.75, 3.05) is 12.3 Å². The number of ether oxygens (including phenoxy) is 1. The normalized spacial score (nSPS) is 25.6. The number of fused-ring (bicyclic) bond motifs is 1. The third-order valence-corrected chi connectivity index (χ3v) is 3.54. The number of aliphatic hydroxyl groups is 2. The number of nitrogens with zero attached hydrogens (tertiary/aromatic N) is 4. The van der Waals surface area contributed by atoms with E-state index in [1.165, 1.54) is 10.9 Å². The van der Waals surface area contributed by atoms with E-state index in [2.05, 4.69) is 15.0 Å². The topological polar surface area (TPSA) is 136 Å². The number of aliphatic hydroxyl groups excluding tert-OH is 2. The molecule has 0 aromatic carbocycles. The molecule has 9 heteroatoms. The molecule has 2 aromatic heterocycles. The number of aromatic nitrogens is 4. The van der Waals surface area contributed by atoms with Crippen LogP contribution in [0.5, 0.6) is 0 Å². The lowest BCUT2D eigenvalue weighted by molar-refractivity contribution is -0.0442. The van der Waals surface area contributed by atoms with Crippen molar-refractivity contribution in [2.24, 2.45) is 0 Å². The molecule has 4 N–H and O–H groups in total. The van der Waals surface area contributed by atoms with E-state index in [0.717, 1.165) is 0 Å². The average Bonchev–Trinajstić information content (AvgIpc) is 2.82. The molecule has 0 amide bonds. The van der Waals surface area contributed by atoms with Gasteiger partial charge in [0, 0.05) is 6.42 Å². The van der Waals surface area contributed by atoms with Crippen molar-refractivity contribution < 1.29 is 14.9 Å². The monoisotopic (exact) mass is 293 g/mol. The van der Waals surface area contributed by atoms with Gasteiger partial charge in [0.05, 0.1) is 12.7 Å². The summed E-state index contributed by atoms with van der Waals surface area (Å²) in [6.07, 6.45) is -0.907. The SMILES string of the molecule is Cc1nc2c(N)ncnc2n([C@@H]2C[C@H](O)[C@@H](CO)O2)c1=O. The molecule has 0 saturated carbocycles. The van der Waals surface area contributed by atoms with E-state index < -0.39 is 18.4 Å². The fourth-order valence-electron chi connectivity index (χ4n) is 2.46. The van der Waals surface area contributed by atoms with Crippen LogP contribution in [0.25, 0.3) is 11.2 Å². The lowest BCUT2D eigenvalue weighted by atomic mass is 10.2. The molecule has 3 heterocycles. The second-order valence-electron chi connectivity index (χ2n) is 4.92. The molecule has 0 radical (unpaired) electrons. The van der Waals surface area contributed by atoms with Gasteiger partial charge in [-0.05, 0) is 6.92 Å². The van der Waals surface area contributed by atoms with Crippen LogP contribution in [0, 0.1) is 6.92 Å². The fourth-order valence-corrected chi connectivity index (χ4v) is 2.46. The van der Waals surface area contributed by atoms with Gasteiger partial charge in [0.1, 0.15) is 29.9 Å². The minimum absolute atomic E-state index is 0.161. The molecule has 0 aliphatic carbocycles. The zero-order valence-electron chi connectivity index (χ0n) is 11.3. The average molecular weight is 293 g/mol. The molecule has 112 valence electrons. The van der Waals surface area contributed by atoms with Gasteiger partial charge in [-0.15, -0.1) is 0 Å². The van der Waals surface area contributed by atoms with Gasteiger partial charge in [-0.2, -0.15) is 0 Å². The predicted octanol–water partition coefficient (Wildman–Crippen LogP) is -1.28. The summed E-state index contributed by atoms with van der Waals surface area (Å²) >= 11 is 0. The Kier molecular flexibility index (Phi) is 3.32. The maximum Gasteiger partial charge on any atom is 0.275 e. The van der Waals surface area contributed by atoms with E-state index in [0.29, 0.717) is 5.52 Å². The Morgan fingerprint density at radius 1 is 1.52 bits per heavy atom. The third kappa shape index (κ3) is 2.15. The molecule has 3 rings (SSSR count). The lowest BCUT2D eigenvalue weighted by Gasteiger charge is -2.17. The molecule has 0 bridgehead atoms. The zero-order valence-corrected chi connectivity index (χ0v) is 11.3. The lowest BCUT2D eigenvalue weighted by Crippen LogP contribution is -2.29. The van der Waals surface area contributed by atoms with Gasteiger partial charge in [0.15, 0.2) is 11.5 Å². The number of nitrogen functional groups attached to an aromatic ring is 1. The standard InChI is InChI=1S/C12H15N5O4/c1-5-12(20)17(8-2-6(19)7(3-18)21-8)11-9(16-5)10(13)14-4-15-11/h4,6-8,18-19H,2-3H2,1H3,(H2,13,14,15)/t6-,7+,8-/m0/s1. The van der Waals surface area contributed by atoms with E-state index in [4.69, 9.17) is 15.6 Å². The summed E-state index contributed by atoms with van der Waals surface area (Å²) in [7, 11) is 0. The Morgan fingerprint density at radius 2 is 2.29 bits per heavy atom. The summed E-state index contributed by atoms with van der Waals surface area (Å²) in [5, 5.41) is 19.0. The first-order valence-electron chi connectivity index (χ1n) is 6.46.